The number of rotatable bonds is 3. The molecule has 0 fully saturated rings. The molecule has 0 N–H and O–H groups in total. The molecule has 0 saturated heterocycles. The maximum absolute atomic E-state index is 11.5. The van der Waals surface area contributed by atoms with Gasteiger partial charge in [0.15, 0.2) is 0 Å². The normalized spacial score (nSPS) is 14.3. The molecule has 0 radical (unpaired) electrons. The zero-order valence-electron chi connectivity index (χ0n) is 10.8. The van der Waals surface area contributed by atoms with Gasteiger partial charge in [-0.1, -0.05) is 0 Å². The highest BCUT2D eigenvalue weighted by Crippen LogP contribution is 2.32. The average molecular weight is 273 g/mol. The summed E-state index contributed by atoms with van der Waals surface area (Å²) in [6, 6.07) is 7.98. The Bertz CT molecular complexity index is 601. The van der Waals surface area contributed by atoms with Crippen LogP contribution in [0.1, 0.15) is 23.9 Å². The fourth-order valence-corrected chi connectivity index (χ4v) is 3.37. The lowest BCUT2D eigenvalue weighted by Gasteiger charge is -2.06. The van der Waals surface area contributed by atoms with Gasteiger partial charge < -0.3 is 4.74 Å². The summed E-state index contributed by atoms with van der Waals surface area (Å²) < 4.78 is 5.43. The summed E-state index contributed by atoms with van der Waals surface area (Å²) >= 11 is 1.64. The molecule has 1 aliphatic carbocycles. The molecular formula is C15H15NO2S. The number of carbonyl (C=O) groups is 1. The van der Waals surface area contributed by atoms with E-state index in [4.69, 9.17) is 4.74 Å². The van der Waals surface area contributed by atoms with Crippen LogP contribution in [-0.2, 0) is 17.6 Å². The van der Waals surface area contributed by atoms with Gasteiger partial charge in [0.25, 0.3) is 0 Å². The third kappa shape index (κ3) is 2.54. The first-order chi connectivity index (χ1) is 9.26. The van der Waals surface area contributed by atoms with Gasteiger partial charge in [0.1, 0.15) is 16.5 Å². The van der Waals surface area contributed by atoms with Crippen molar-refractivity contribution in [2.24, 2.45) is 0 Å². The summed E-state index contributed by atoms with van der Waals surface area (Å²) in [5.74, 6) is 1.21. The minimum atomic E-state index is 0.328. The summed E-state index contributed by atoms with van der Waals surface area (Å²) in [4.78, 5) is 17.2. The molecule has 19 heavy (non-hydrogen) atoms. The van der Waals surface area contributed by atoms with E-state index in [1.165, 1.54) is 0 Å². The quantitative estimate of drug-likeness (QED) is 0.861. The fraction of sp³-hybridized carbons (Fsp3) is 0.333. The molecule has 1 aliphatic rings. The van der Waals surface area contributed by atoms with Crippen LogP contribution in [0.25, 0.3) is 10.6 Å². The van der Waals surface area contributed by atoms with Gasteiger partial charge in [-0.05, 0) is 37.6 Å². The van der Waals surface area contributed by atoms with E-state index in [9.17, 15) is 4.79 Å². The predicted molar refractivity (Wildman–Crippen MR) is 75.8 cm³/mol. The molecule has 1 heterocycles. The second-order valence-electron chi connectivity index (χ2n) is 4.56. The molecule has 3 nitrogen and oxygen atoms in total. The summed E-state index contributed by atoms with van der Waals surface area (Å²) in [5, 5.41) is 1.00. The van der Waals surface area contributed by atoms with E-state index in [0.29, 0.717) is 25.2 Å². The van der Waals surface area contributed by atoms with Gasteiger partial charge in [0, 0.05) is 23.3 Å². The van der Waals surface area contributed by atoms with Crippen LogP contribution in [0.5, 0.6) is 5.75 Å². The summed E-state index contributed by atoms with van der Waals surface area (Å²) in [6.45, 7) is 2.65. The van der Waals surface area contributed by atoms with Crippen LogP contribution >= 0.6 is 11.3 Å². The van der Waals surface area contributed by atoms with E-state index in [2.05, 4.69) is 4.98 Å². The lowest BCUT2D eigenvalue weighted by atomic mass is 10.0. The summed E-state index contributed by atoms with van der Waals surface area (Å²) in [5.41, 5.74) is 2.20. The van der Waals surface area contributed by atoms with Crippen molar-refractivity contribution in [1.82, 2.24) is 4.98 Å². The second kappa shape index (κ2) is 5.13. The summed E-state index contributed by atoms with van der Waals surface area (Å²) in [6.07, 6.45) is 1.99. The third-order valence-electron chi connectivity index (χ3n) is 3.19. The molecule has 3 rings (SSSR count). The van der Waals surface area contributed by atoms with Crippen LogP contribution in [0.2, 0.25) is 0 Å². The standard InChI is InChI=1S/C15H15NO2S/c1-2-18-12-6-3-10(4-7-12)15-16-13-8-5-11(17)9-14(13)19-15/h3-4,6-7H,2,5,8-9H2,1H3. The number of hydrogen-bond donors (Lipinski definition) is 0. The Hall–Kier alpha value is -1.68. The molecule has 98 valence electrons. The number of ether oxygens (including phenoxy) is 1. The van der Waals surface area contributed by atoms with E-state index in [1.54, 1.807) is 11.3 Å². The molecule has 1 aromatic carbocycles. The number of benzene rings is 1. The van der Waals surface area contributed by atoms with Gasteiger partial charge >= 0.3 is 0 Å². The first-order valence-corrected chi connectivity index (χ1v) is 7.31. The van der Waals surface area contributed by atoms with Crippen molar-refractivity contribution >= 4 is 17.1 Å². The molecule has 0 unspecified atom stereocenters. The Morgan fingerprint density at radius 2 is 2.05 bits per heavy atom. The second-order valence-corrected chi connectivity index (χ2v) is 5.65. The lowest BCUT2D eigenvalue weighted by Crippen LogP contribution is -2.11. The van der Waals surface area contributed by atoms with Crippen molar-refractivity contribution in [2.75, 3.05) is 6.61 Å². The van der Waals surface area contributed by atoms with E-state index >= 15 is 0 Å². The Morgan fingerprint density at radius 1 is 1.26 bits per heavy atom. The van der Waals surface area contributed by atoms with Crippen molar-refractivity contribution in [3.05, 3.63) is 34.8 Å². The van der Waals surface area contributed by atoms with Crippen LogP contribution in [0.3, 0.4) is 0 Å². The van der Waals surface area contributed by atoms with E-state index in [-0.39, 0.29) is 0 Å². The van der Waals surface area contributed by atoms with Crippen molar-refractivity contribution in [3.63, 3.8) is 0 Å². The van der Waals surface area contributed by atoms with Gasteiger partial charge in [-0.3, -0.25) is 4.79 Å². The maximum Gasteiger partial charge on any atom is 0.138 e. The largest absolute Gasteiger partial charge is 0.494 e. The van der Waals surface area contributed by atoms with Crippen LogP contribution in [0.4, 0.5) is 0 Å². The number of nitrogens with zero attached hydrogens (tertiary/aromatic N) is 1. The molecule has 0 amide bonds. The number of thiazole rings is 1. The Labute approximate surface area is 116 Å². The van der Waals surface area contributed by atoms with E-state index < -0.39 is 0 Å². The zero-order valence-corrected chi connectivity index (χ0v) is 11.6. The van der Waals surface area contributed by atoms with Crippen molar-refractivity contribution in [3.8, 4) is 16.3 Å². The highest BCUT2D eigenvalue weighted by molar-refractivity contribution is 7.15. The van der Waals surface area contributed by atoms with Crippen LogP contribution in [-0.4, -0.2) is 17.4 Å². The number of Topliss-reactive ketones (excluding diaryl/α,β-unsaturated/α-hetero) is 1. The molecule has 0 atom stereocenters. The van der Waals surface area contributed by atoms with E-state index in [0.717, 1.165) is 33.3 Å². The molecule has 2 aromatic rings. The average Bonchev–Trinajstić information content (AvgIpc) is 2.83. The van der Waals surface area contributed by atoms with Crippen molar-refractivity contribution in [1.29, 1.82) is 0 Å². The number of aromatic nitrogens is 1. The lowest BCUT2D eigenvalue weighted by molar-refractivity contribution is -0.118. The number of aryl methyl sites for hydroxylation is 1. The van der Waals surface area contributed by atoms with Crippen LogP contribution < -0.4 is 4.74 Å². The first kappa shape index (κ1) is 12.4. The van der Waals surface area contributed by atoms with Gasteiger partial charge in [-0.25, -0.2) is 4.98 Å². The number of carbonyl (C=O) groups excluding carboxylic acids is 1. The Balaban J connectivity index is 1.88. The molecular weight excluding hydrogens is 258 g/mol. The zero-order chi connectivity index (χ0) is 13.2. The van der Waals surface area contributed by atoms with Gasteiger partial charge in [0.2, 0.25) is 0 Å². The smallest absolute Gasteiger partial charge is 0.138 e. The molecule has 1 aromatic heterocycles. The minimum Gasteiger partial charge on any atom is -0.494 e. The maximum atomic E-state index is 11.5. The van der Waals surface area contributed by atoms with Gasteiger partial charge in [-0.15, -0.1) is 11.3 Å². The third-order valence-corrected chi connectivity index (χ3v) is 4.34. The Morgan fingerprint density at radius 3 is 2.79 bits per heavy atom. The molecule has 0 aliphatic heterocycles. The molecule has 4 heteroatoms. The van der Waals surface area contributed by atoms with Crippen molar-refractivity contribution in [2.45, 2.75) is 26.2 Å². The van der Waals surface area contributed by atoms with E-state index in [1.807, 2.05) is 31.2 Å². The minimum absolute atomic E-state index is 0.328. The SMILES string of the molecule is CCOc1ccc(-c2nc3c(s2)CC(=O)CC3)cc1. The summed E-state index contributed by atoms with van der Waals surface area (Å²) in [7, 11) is 0. The number of fused-ring (bicyclic) bond motifs is 1. The monoisotopic (exact) mass is 273 g/mol. The van der Waals surface area contributed by atoms with Gasteiger partial charge in [-0.2, -0.15) is 0 Å². The number of hydrogen-bond acceptors (Lipinski definition) is 4. The molecule has 0 saturated carbocycles. The Kier molecular flexibility index (Phi) is 3.34. The fourth-order valence-electron chi connectivity index (χ4n) is 2.23. The van der Waals surface area contributed by atoms with Crippen LogP contribution in [0.15, 0.2) is 24.3 Å². The predicted octanol–water partition coefficient (Wildman–Crippen LogP) is 3.27. The molecule has 0 spiro atoms. The van der Waals surface area contributed by atoms with Gasteiger partial charge in [0.05, 0.1) is 12.3 Å². The van der Waals surface area contributed by atoms with Crippen molar-refractivity contribution < 1.29 is 9.53 Å². The number of ketones is 1. The topological polar surface area (TPSA) is 39.2 Å². The highest BCUT2D eigenvalue weighted by Gasteiger charge is 2.20. The van der Waals surface area contributed by atoms with Crippen LogP contribution in [0, 0.1) is 0 Å². The first-order valence-electron chi connectivity index (χ1n) is 6.50. The highest BCUT2D eigenvalue weighted by atomic mass is 32.1. The molecule has 0 bridgehead atoms.